The van der Waals surface area contributed by atoms with Gasteiger partial charge in [0, 0.05) is 18.8 Å². The summed E-state index contributed by atoms with van der Waals surface area (Å²) in [5.74, 6) is -0.458. The van der Waals surface area contributed by atoms with E-state index >= 15 is 0 Å². The van der Waals surface area contributed by atoms with Gasteiger partial charge in [0.2, 0.25) is 0 Å². The number of halogens is 3. The van der Waals surface area contributed by atoms with Crippen molar-refractivity contribution in [2.45, 2.75) is 25.9 Å². The molecule has 0 bridgehead atoms. The number of nitriles is 1. The van der Waals surface area contributed by atoms with Crippen LogP contribution in [0.1, 0.15) is 30.9 Å². The molecule has 10 heteroatoms. The Morgan fingerprint density at radius 2 is 1.86 bits per heavy atom. The highest BCUT2D eigenvalue weighted by atomic mass is 19.4. The van der Waals surface area contributed by atoms with Crippen LogP contribution in [0, 0.1) is 11.3 Å². The van der Waals surface area contributed by atoms with Gasteiger partial charge in [-0.15, -0.1) is 0 Å². The summed E-state index contributed by atoms with van der Waals surface area (Å²) >= 11 is 0. The van der Waals surface area contributed by atoms with E-state index in [1.54, 1.807) is 24.0 Å². The molecular formula is C25H24F3N3O4. The van der Waals surface area contributed by atoms with Gasteiger partial charge in [0.25, 0.3) is 11.8 Å². The minimum absolute atomic E-state index is 0.00322. The minimum Gasteiger partial charge on any atom is -0.490 e. The number of ether oxygens (including phenoxy) is 2. The van der Waals surface area contributed by atoms with Gasteiger partial charge in [-0.2, -0.15) is 18.4 Å². The fraction of sp³-hybridized carbons (Fsp3) is 0.320. The van der Waals surface area contributed by atoms with E-state index in [4.69, 9.17) is 9.47 Å². The molecule has 0 radical (unpaired) electrons. The monoisotopic (exact) mass is 487 g/mol. The zero-order valence-electron chi connectivity index (χ0n) is 19.0. The van der Waals surface area contributed by atoms with E-state index in [-0.39, 0.29) is 29.5 Å². The molecule has 1 aliphatic heterocycles. The van der Waals surface area contributed by atoms with Crippen LogP contribution < -0.4 is 14.8 Å². The van der Waals surface area contributed by atoms with Crippen molar-refractivity contribution in [2.75, 3.05) is 31.6 Å². The molecule has 184 valence electrons. The van der Waals surface area contributed by atoms with E-state index in [2.05, 4.69) is 5.32 Å². The first kappa shape index (κ1) is 25.6. The highest BCUT2D eigenvalue weighted by Crippen LogP contribution is 2.31. The Labute approximate surface area is 200 Å². The number of carbonyl (C=O) groups excluding carboxylic acids is 2. The van der Waals surface area contributed by atoms with Crippen molar-refractivity contribution in [3.63, 3.8) is 0 Å². The van der Waals surface area contributed by atoms with E-state index in [0.29, 0.717) is 24.4 Å². The number of nitrogens with zero attached hydrogens (tertiary/aromatic N) is 2. The van der Waals surface area contributed by atoms with Gasteiger partial charge in [-0.25, -0.2) is 0 Å². The lowest BCUT2D eigenvalue weighted by Gasteiger charge is -2.15. The topological polar surface area (TPSA) is 91.7 Å². The lowest BCUT2D eigenvalue weighted by molar-refractivity contribution is -0.137. The molecule has 35 heavy (non-hydrogen) atoms. The van der Waals surface area contributed by atoms with E-state index in [9.17, 15) is 28.0 Å². The molecule has 7 nitrogen and oxygen atoms in total. The fourth-order valence-corrected chi connectivity index (χ4v) is 3.51. The predicted molar refractivity (Wildman–Crippen MR) is 123 cm³/mol. The van der Waals surface area contributed by atoms with Crippen LogP contribution in [0.4, 0.5) is 18.9 Å². The molecule has 0 atom stereocenters. The van der Waals surface area contributed by atoms with Crippen LogP contribution in [-0.4, -0.2) is 43.0 Å². The van der Waals surface area contributed by atoms with Gasteiger partial charge in [-0.3, -0.25) is 9.59 Å². The summed E-state index contributed by atoms with van der Waals surface area (Å²) in [5, 5.41) is 11.8. The zero-order chi connectivity index (χ0) is 25.4. The van der Waals surface area contributed by atoms with Crippen LogP contribution in [-0.2, 0) is 15.8 Å². The number of nitrogens with one attached hydrogen (secondary N) is 1. The van der Waals surface area contributed by atoms with Crippen molar-refractivity contribution >= 4 is 23.6 Å². The Kier molecular flexibility index (Phi) is 8.36. The van der Waals surface area contributed by atoms with Gasteiger partial charge in [0.1, 0.15) is 11.6 Å². The Morgan fingerprint density at radius 1 is 1.11 bits per heavy atom. The smallest absolute Gasteiger partial charge is 0.416 e. The molecule has 1 N–H and O–H groups in total. The Morgan fingerprint density at radius 3 is 2.51 bits per heavy atom. The van der Waals surface area contributed by atoms with Crippen LogP contribution in [0.25, 0.3) is 6.08 Å². The van der Waals surface area contributed by atoms with Gasteiger partial charge in [0.05, 0.1) is 12.2 Å². The number of hydrogen-bond donors (Lipinski definition) is 1. The van der Waals surface area contributed by atoms with Gasteiger partial charge >= 0.3 is 6.18 Å². The lowest BCUT2D eigenvalue weighted by Crippen LogP contribution is -2.28. The quantitative estimate of drug-likeness (QED) is 0.432. The number of amides is 2. The molecule has 2 aromatic carbocycles. The molecule has 0 aliphatic carbocycles. The third kappa shape index (κ3) is 6.99. The van der Waals surface area contributed by atoms with E-state index in [0.717, 1.165) is 25.0 Å². The van der Waals surface area contributed by atoms with Crippen molar-refractivity contribution in [3.8, 4) is 17.6 Å². The second-order valence-electron chi connectivity index (χ2n) is 7.72. The van der Waals surface area contributed by atoms with Crippen molar-refractivity contribution in [3.05, 3.63) is 59.2 Å². The Bertz CT molecular complexity index is 1150. The van der Waals surface area contributed by atoms with Crippen LogP contribution in [0.2, 0.25) is 0 Å². The summed E-state index contributed by atoms with van der Waals surface area (Å²) in [5.41, 5.74) is -0.342. The number of rotatable bonds is 8. The van der Waals surface area contributed by atoms with Crippen molar-refractivity contribution in [2.24, 2.45) is 0 Å². The molecule has 1 fully saturated rings. The Hall–Kier alpha value is -4.00. The summed E-state index contributed by atoms with van der Waals surface area (Å²) in [6, 6.07) is 10.9. The maximum atomic E-state index is 12.9. The molecule has 3 rings (SSSR count). The van der Waals surface area contributed by atoms with E-state index < -0.39 is 24.3 Å². The standard InChI is InChI=1S/C25H24F3N3O4/c1-2-34-22-13-17(12-18(15-29)24(33)31-10-3-4-11-31)8-9-21(22)35-16-23(32)30-20-7-5-6-19(14-20)25(26,27)28/h5-9,12-14H,2-4,10-11,16H2,1H3,(H,30,32)/b18-12+. The number of likely N-dealkylation sites (tertiary alicyclic amines) is 1. The van der Waals surface area contributed by atoms with Gasteiger partial charge in [-0.05, 0) is 61.7 Å². The maximum absolute atomic E-state index is 12.9. The van der Waals surface area contributed by atoms with Crippen molar-refractivity contribution in [1.82, 2.24) is 4.90 Å². The van der Waals surface area contributed by atoms with Crippen LogP contribution in [0.3, 0.4) is 0 Å². The third-order valence-electron chi connectivity index (χ3n) is 5.16. The maximum Gasteiger partial charge on any atom is 0.416 e. The largest absolute Gasteiger partial charge is 0.490 e. The molecule has 0 aromatic heterocycles. The SMILES string of the molecule is CCOc1cc(/C=C(\C#N)C(=O)N2CCCC2)ccc1OCC(=O)Nc1cccc(C(F)(F)F)c1. The van der Waals surface area contributed by atoms with Gasteiger partial charge in [-0.1, -0.05) is 12.1 Å². The molecule has 0 unspecified atom stereocenters. The summed E-state index contributed by atoms with van der Waals surface area (Å²) in [6.45, 7) is 2.82. The Balaban J connectivity index is 1.69. The predicted octanol–water partition coefficient (Wildman–Crippen LogP) is 4.65. The highest BCUT2D eigenvalue weighted by Gasteiger charge is 2.30. The zero-order valence-corrected chi connectivity index (χ0v) is 19.0. The fourth-order valence-electron chi connectivity index (χ4n) is 3.51. The molecule has 1 aliphatic rings. The van der Waals surface area contributed by atoms with Gasteiger partial charge in [0.15, 0.2) is 18.1 Å². The minimum atomic E-state index is -4.52. The molecule has 2 aromatic rings. The molecule has 1 saturated heterocycles. The van der Waals surface area contributed by atoms with Crippen LogP contribution >= 0.6 is 0 Å². The average Bonchev–Trinajstić information content (AvgIpc) is 3.36. The summed E-state index contributed by atoms with van der Waals surface area (Å²) < 4.78 is 49.6. The number of carbonyl (C=O) groups is 2. The summed E-state index contributed by atoms with van der Waals surface area (Å²) in [6.07, 6.45) is -1.24. The second kappa shape index (κ2) is 11.4. The van der Waals surface area contributed by atoms with Crippen LogP contribution in [0.5, 0.6) is 11.5 Å². The number of alkyl halides is 3. The van der Waals surface area contributed by atoms with Gasteiger partial charge < -0.3 is 19.7 Å². The summed E-state index contributed by atoms with van der Waals surface area (Å²) in [7, 11) is 0. The first-order valence-corrected chi connectivity index (χ1v) is 11.0. The average molecular weight is 487 g/mol. The number of benzene rings is 2. The molecule has 0 saturated carbocycles. The molecule has 0 spiro atoms. The first-order chi connectivity index (χ1) is 16.7. The third-order valence-corrected chi connectivity index (χ3v) is 5.16. The van der Waals surface area contributed by atoms with Crippen molar-refractivity contribution < 1.29 is 32.2 Å². The highest BCUT2D eigenvalue weighted by molar-refractivity contribution is 6.01. The second-order valence-corrected chi connectivity index (χ2v) is 7.72. The van der Waals surface area contributed by atoms with E-state index in [1.807, 2.05) is 6.07 Å². The van der Waals surface area contributed by atoms with Crippen molar-refractivity contribution in [1.29, 1.82) is 5.26 Å². The number of anilines is 1. The summed E-state index contributed by atoms with van der Waals surface area (Å²) in [4.78, 5) is 26.4. The molecule has 1 heterocycles. The van der Waals surface area contributed by atoms with E-state index in [1.165, 1.54) is 24.3 Å². The normalized spacial score (nSPS) is 13.8. The lowest BCUT2D eigenvalue weighted by atomic mass is 10.1. The first-order valence-electron chi connectivity index (χ1n) is 11.0. The molecule has 2 amide bonds. The molecular weight excluding hydrogens is 463 g/mol. The number of hydrogen-bond acceptors (Lipinski definition) is 5. The van der Waals surface area contributed by atoms with Crippen LogP contribution in [0.15, 0.2) is 48.0 Å².